The Hall–Kier alpha value is -3.75. The van der Waals surface area contributed by atoms with Crippen LogP contribution in [0.1, 0.15) is 46.0 Å². The Labute approximate surface area is 194 Å². The first-order chi connectivity index (χ1) is 15.6. The Morgan fingerprint density at radius 1 is 0.676 bits per heavy atom. The molecule has 0 aromatic carbocycles. The fourth-order valence-electron chi connectivity index (χ4n) is 2.72. The van der Waals surface area contributed by atoms with Crippen LogP contribution in [0.4, 0.5) is 0 Å². The molecule has 0 spiro atoms. The number of carboxylic acid groups (broad SMARTS) is 4. The molecular weight excluding hydrogens is 460 g/mol. The number of hydrogen-bond acceptors (Lipinski definition) is 8. The van der Waals surface area contributed by atoms with Crippen molar-refractivity contribution >= 4 is 41.6 Å². The highest BCUT2D eigenvalue weighted by Crippen LogP contribution is 2.08. The minimum atomic E-state index is -1.77. The second-order valence-corrected chi connectivity index (χ2v) is 7.89. The Balaban J connectivity index is 5.60. The number of aliphatic carboxylic acids is 4. The fraction of sp³-hybridized carbons (Fsp3) is 0.632. The zero-order valence-corrected chi connectivity index (χ0v) is 18.6. The van der Waals surface area contributed by atoms with Gasteiger partial charge in [0.25, 0.3) is 0 Å². The van der Waals surface area contributed by atoms with Gasteiger partial charge in [-0.15, -0.1) is 0 Å². The first kappa shape index (κ1) is 30.2. The topological polar surface area (TPSA) is 263 Å². The molecule has 0 radical (unpaired) electrons. The van der Waals surface area contributed by atoms with E-state index in [0.29, 0.717) is 0 Å². The van der Waals surface area contributed by atoms with E-state index in [1.165, 1.54) is 0 Å². The van der Waals surface area contributed by atoms with E-state index in [2.05, 4.69) is 10.6 Å². The van der Waals surface area contributed by atoms with E-state index < -0.39 is 91.4 Å². The maximum atomic E-state index is 12.8. The molecule has 34 heavy (non-hydrogen) atoms. The molecule has 15 nitrogen and oxygen atoms in total. The second-order valence-electron chi connectivity index (χ2n) is 7.89. The Morgan fingerprint density at radius 2 is 1.15 bits per heavy atom. The number of carboxylic acids is 4. The van der Waals surface area contributed by atoms with Crippen LogP contribution in [0.5, 0.6) is 0 Å². The van der Waals surface area contributed by atoms with E-state index in [1.807, 2.05) is 5.32 Å². The Kier molecular flexibility index (Phi) is 12.8. The van der Waals surface area contributed by atoms with E-state index in [9.17, 15) is 33.6 Å². The molecule has 0 aliphatic carbocycles. The molecule has 0 aliphatic rings. The van der Waals surface area contributed by atoms with Gasteiger partial charge in [-0.3, -0.25) is 28.8 Å². The first-order valence-electron chi connectivity index (χ1n) is 10.2. The van der Waals surface area contributed by atoms with Crippen LogP contribution in [-0.4, -0.2) is 86.2 Å². The molecule has 0 fully saturated rings. The number of hydrogen-bond donors (Lipinski definition) is 8. The summed E-state index contributed by atoms with van der Waals surface area (Å²) in [5, 5.41) is 42.1. The highest BCUT2D eigenvalue weighted by molar-refractivity contribution is 5.95. The second kappa shape index (κ2) is 14.4. The van der Waals surface area contributed by atoms with E-state index in [4.69, 9.17) is 26.2 Å². The summed E-state index contributed by atoms with van der Waals surface area (Å²) in [6.45, 7) is 3.37. The van der Waals surface area contributed by atoms with Gasteiger partial charge in [0.15, 0.2) is 0 Å². The summed E-state index contributed by atoms with van der Waals surface area (Å²) in [4.78, 5) is 81.2. The van der Waals surface area contributed by atoms with Crippen molar-refractivity contribution in [2.24, 2.45) is 11.7 Å². The van der Waals surface area contributed by atoms with Crippen molar-refractivity contribution in [1.29, 1.82) is 0 Å². The van der Waals surface area contributed by atoms with Crippen molar-refractivity contribution in [3.05, 3.63) is 0 Å². The quantitative estimate of drug-likeness (QED) is 0.114. The van der Waals surface area contributed by atoms with Crippen molar-refractivity contribution in [2.75, 3.05) is 0 Å². The van der Waals surface area contributed by atoms with Crippen LogP contribution in [-0.2, 0) is 33.6 Å². The normalized spacial score (nSPS) is 14.2. The molecule has 192 valence electrons. The van der Waals surface area contributed by atoms with Gasteiger partial charge in [-0.05, 0) is 18.8 Å². The predicted octanol–water partition coefficient (Wildman–Crippen LogP) is -2.29. The highest BCUT2D eigenvalue weighted by atomic mass is 16.4. The van der Waals surface area contributed by atoms with E-state index in [0.717, 1.165) is 0 Å². The van der Waals surface area contributed by atoms with Gasteiger partial charge >= 0.3 is 23.9 Å². The lowest BCUT2D eigenvalue weighted by molar-refractivity contribution is -0.147. The van der Waals surface area contributed by atoms with Crippen LogP contribution < -0.4 is 21.7 Å². The monoisotopic (exact) mass is 490 g/mol. The van der Waals surface area contributed by atoms with Crippen molar-refractivity contribution < 1.29 is 54.0 Å². The maximum absolute atomic E-state index is 12.8. The third kappa shape index (κ3) is 12.3. The number of carbonyl (C=O) groups excluding carboxylic acids is 3. The fourth-order valence-corrected chi connectivity index (χ4v) is 2.72. The van der Waals surface area contributed by atoms with E-state index in [1.54, 1.807) is 13.8 Å². The zero-order chi connectivity index (χ0) is 26.6. The third-order valence-corrected chi connectivity index (χ3v) is 4.34. The number of carbonyl (C=O) groups is 7. The largest absolute Gasteiger partial charge is 0.481 e. The highest BCUT2D eigenvalue weighted by Gasteiger charge is 2.32. The molecule has 0 saturated carbocycles. The van der Waals surface area contributed by atoms with Gasteiger partial charge in [-0.2, -0.15) is 0 Å². The predicted molar refractivity (Wildman–Crippen MR) is 112 cm³/mol. The van der Waals surface area contributed by atoms with Crippen LogP contribution in [0, 0.1) is 5.92 Å². The lowest BCUT2D eigenvalue weighted by Crippen LogP contribution is -2.57. The summed E-state index contributed by atoms with van der Waals surface area (Å²) in [5.74, 6) is -8.99. The van der Waals surface area contributed by atoms with Crippen LogP contribution in [0.15, 0.2) is 0 Å². The van der Waals surface area contributed by atoms with E-state index >= 15 is 0 Å². The van der Waals surface area contributed by atoms with Crippen molar-refractivity contribution in [1.82, 2.24) is 16.0 Å². The van der Waals surface area contributed by atoms with Crippen LogP contribution in [0.25, 0.3) is 0 Å². The Bertz CT molecular complexity index is 799. The molecule has 0 heterocycles. The molecule has 0 saturated heterocycles. The summed E-state index contributed by atoms with van der Waals surface area (Å²) < 4.78 is 0. The molecule has 4 atom stereocenters. The molecule has 3 amide bonds. The summed E-state index contributed by atoms with van der Waals surface area (Å²) in [6.07, 6.45) is -2.65. The number of rotatable bonds is 16. The standard InChI is InChI=1S/C19H30N4O11/c1-8(2)5-11(18(32)23-12(19(33)34)7-15(28)29)22-17(31)10(3-4-13(24)25)21-16(30)9(20)6-14(26)27/h8-12H,3-7,20H2,1-2H3,(H,21,30)(H,22,31)(H,23,32)(H,24,25)(H,26,27)(H,28,29)(H,33,34)/t9-,10-,11-,12-/m0/s1. The molecule has 0 aromatic rings. The molecular formula is C19H30N4O11. The van der Waals surface area contributed by atoms with Gasteiger partial charge in [0, 0.05) is 6.42 Å². The molecule has 0 aromatic heterocycles. The maximum Gasteiger partial charge on any atom is 0.326 e. The van der Waals surface area contributed by atoms with Crippen molar-refractivity contribution in [2.45, 2.75) is 70.1 Å². The van der Waals surface area contributed by atoms with Gasteiger partial charge in [-0.25, -0.2) is 4.79 Å². The van der Waals surface area contributed by atoms with Gasteiger partial charge in [-0.1, -0.05) is 13.8 Å². The minimum Gasteiger partial charge on any atom is -0.481 e. The first-order valence-corrected chi connectivity index (χ1v) is 10.2. The summed E-state index contributed by atoms with van der Waals surface area (Å²) in [6, 6.07) is -6.15. The molecule has 0 rings (SSSR count). The zero-order valence-electron chi connectivity index (χ0n) is 18.6. The molecule has 15 heteroatoms. The minimum absolute atomic E-state index is 0.00485. The number of nitrogens with two attached hydrogens (primary N) is 1. The summed E-state index contributed by atoms with van der Waals surface area (Å²) in [5.41, 5.74) is 5.45. The van der Waals surface area contributed by atoms with E-state index in [-0.39, 0.29) is 12.3 Å². The SMILES string of the molecule is CC(C)C[C@H](NC(=O)[C@H](CCC(=O)O)NC(=O)[C@@H](N)CC(=O)O)C(=O)N[C@@H](CC(=O)O)C(=O)O. The summed E-state index contributed by atoms with van der Waals surface area (Å²) >= 11 is 0. The van der Waals surface area contributed by atoms with Gasteiger partial charge in [0.05, 0.1) is 18.9 Å². The van der Waals surface area contributed by atoms with Crippen molar-refractivity contribution in [3.63, 3.8) is 0 Å². The summed E-state index contributed by atoms with van der Waals surface area (Å²) in [7, 11) is 0. The average molecular weight is 490 g/mol. The molecule has 0 unspecified atom stereocenters. The molecule has 0 bridgehead atoms. The van der Waals surface area contributed by atoms with Crippen molar-refractivity contribution in [3.8, 4) is 0 Å². The number of nitrogens with one attached hydrogen (secondary N) is 3. The molecule has 0 aliphatic heterocycles. The lowest BCUT2D eigenvalue weighted by atomic mass is 10.0. The third-order valence-electron chi connectivity index (χ3n) is 4.34. The van der Waals surface area contributed by atoms with Gasteiger partial charge in [0.2, 0.25) is 17.7 Å². The average Bonchev–Trinajstić information content (AvgIpc) is 2.68. The lowest BCUT2D eigenvalue weighted by Gasteiger charge is -2.25. The van der Waals surface area contributed by atoms with Gasteiger partial charge in [0.1, 0.15) is 18.1 Å². The number of amides is 3. The Morgan fingerprint density at radius 3 is 1.59 bits per heavy atom. The van der Waals surface area contributed by atoms with Crippen LogP contribution in [0.2, 0.25) is 0 Å². The molecule has 9 N–H and O–H groups in total. The van der Waals surface area contributed by atoms with Crippen LogP contribution >= 0.6 is 0 Å². The smallest absolute Gasteiger partial charge is 0.326 e. The van der Waals surface area contributed by atoms with Crippen LogP contribution in [0.3, 0.4) is 0 Å². The van der Waals surface area contributed by atoms with Gasteiger partial charge < -0.3 is 42.1 Å².